The largest absolute Gasteiger partial charge is 0.384 e. The normalized spacial score (nSPS) is 30.4. The van der Waals surface area contributed by atoms with Gasteiger partial charge in [-0.25, -0.2) is 0 Å². The topological polar surface area (TPSA) is 228 Å². The molecule has 0 aromatic rings. The molecule has 0 radical (unpaired) electrons. The van der Waals surface area contributed by atoms with Gasteiger partial charge in [0.05, 0.1) is 0 Å². The van der Waals surface area contributed by atoms with Crippen LogP contribution < -0.4 is 0 Å². The molecule has 1 aliphatic rings. The van der Waals surface area contributed by atoms with Crippen molar-refractivity contribution >= 4 is 22.8 Å². The average molecular weight is 630 g/mol. The first kappa shape index (κ1) is 37.2. The van der Waals surface area contributed by atoms with Gasteiger partial charge in [-0.3, -0.25) is 27.3 Å². The quantitative estimate of drug-likeness (QED) is 0.0788. The molecule has 6 N–H and O–H groups in total. The van der Waals surface area contributed by atoms with E-state index in [1.807, 2.05) is 20.8 Å². The molecule has 0 aromatic carbocycles. The zero-order chi connectivity index (χ0) is 29.7. The number of unbranched alkanes of at least 4 members (excludes halogenated alkanes) is 3. The predicted molar refractivity (Wildman–Crippen MR) is 139 cm³/mol. The highest BCUT2D eigenvalue weighted by Crippen LogP contribution is 2.54. The van der Waals surface area contributed by atoms with Crippen molar-refractivity contribution in [2.45, 2.75) is 95.9 Å². The van der Waals surface area contributed by atoms with Gasteiger partial charge in [-0.2, -0.15) is 0 Å². The highest BCUT2D eigenvalue weighted by atomic mass is 31.2. The molecule has 234 valence electrons. The Balaban J connectivity index is 3.81. The van der Waals surface area contributed by atoms with Crippen LogP contribution in [-0.2, 0) is 41.5 Å². The molecule has 0 aromatic heterocycles. The van der Waals surface area contributed by atoms with Gasteiger partial charge >= 0.3 is 22.8 Å². The van der Waals surface area contributed by atoms with Crippen molar-refractivity contribution in [3.05, 3.63) is 0 Å². The van der Waals surface area contributed by atoms with Gasteiger partial charge in [-0.15, -0.1) is 0 Å². The van der Waals surface area contributed by atoms with Gasteiger partial charge in [0.25, 0.3) is 0 Å². The number of hydrogen-bond donors (Lipinski definition) is 6. The van der Waals surface area contributed by atoms with Crippen LogP contribution in [0.4, 0.5) is 0 Å². The Morgan fingerprint density at radius 3 is 0.949 bits per heavy atom. The van der Waals surface area contributed by atoms with Crippen LogP contribution in [0.15, 0.2) is 0 Å². The van der Waals surface area contributed by atoms with Crippen LogP contribution in [0.5, 0.6) is 0 Å². The van der Waals surface area contributed by atoms with Gasteiger partial charge in [-0.05, 0) is 19.3 Å². The first-order valence-corrected chi connectivity index (χ1v) is 18.3. The molecule has 18 heteroatoms. The average Bonchev–Trinajstić information content (AvgIpc) is 2.89. The summed E-state index contributed by atoms with van der Waals surface area (Å²) in [4.78, 5) is 30.5. The van der Waals surface area contributed by atoms with Crippen molar-refractivity contribution in [3.63, 3.8) is 0 Å². The molecular weight excluding hydrogens is 585 g/mol. The fourth-order valence-electron chi connectivity index (χ4n) is 3.81. The number of hydrogen-bond acceptors (Lipinski definition) is 12. The lowest BCUT2D eigenvalue weighted by Gasteiger charge is -2.49. The Bertz CT molecular complexity index is 782. The van der Waals surface area contributed by atoms with Crippen LogP contribution in [0.25, 0.3) is 0 Å². The second-order valence-corrected chi connectivity index (χ2v) is 14.4. The lowest BCUT2D eigenvalue weighted by atomic mass is 9.84. The van der Waals surface area contributed by atoms with Gasteiger partial charge in [0, 0.05) is 19.8 Å². The summed E-state index contributed by atoms with van der Waals surface area (Å²) in [7, 11) is -14.4. The maximum atomic E-state index is 12.5. The summed E-state index contributed by atoms with van der Waals surface area (Å²) in [5.74, 6) is 0. The van der Waals surface area contributed by atoms with E-state index in [2.05, 4.69) is 0 Å². The summed E-state index contributed by atoms with van der Waals surface area (Å²) in [6.07, 6.45) is -9.58. The number of aliphatic hydroxyl groups excluding tert-OH is 3. The third-order valence-electron chi connectivity index (χ3n) is 5.76. The van der Waals surface area contributed by atoms with E-state index in [1.54, 1.807) is 0 Å². The summed E-state index contributed by atoms with van der Waals surface area (Å²) in [5.41, 5.74) is 0. The smallest absolute Gasteiger partial charge is 0.353 e. The summed E-state index contributed by atoms with van der Waals surface area (Å²) in [6.45, 7) is 6.03. The van der Waals surface area contributed by atoms with Crippen LogP contribution in [0, 0.1) is 0 Å². The Labute approximate surface area is 229 Å². The van der Waals surface area contributed by atoms with E-state index in [0.717, 1.165) is 6.42 Å². The standard InChI is InChI=1S/C21H45O15P3/c1-4-7-10-31-16-17(32-11-8-5-2)19(34-37(25,26)13-22)21(36-39(29,30)15-24)20(35-38(27,28)14-23)18(16)33-12-9-6-3/h16-24H,4-15H2,1-3H3,(H,25,26)(H,27,28)(H,29,30). The van der Waals surface area contributed by atoms with Gasteiger partial charge in [0.15, 0.2) is 0 Å². The first-order valence-electron chi connectivity index (χ1n) is 13.0. The molecule has 1 saturated carbocycles. The Morgan fingerprint density at radius 2 is 0.718 bits per heavy atom. The van der Waals surface area contributed by atoms with Crippen LogP contribution >= 0.6 is 22.8 Å². The van der Waals surface area contributed by atoms with E-state index in [4.69, 9.17) is 27.8 Å². The van der Waals surface area contributed by atoms with Crippen LogP contribution in [-0.4, -0.2) is 105 Å². The molecule has 39 heavy (non-hydrogen) atoms. The zero-order valence-electron chi connectivity index (χ0n) is 22.6. The summed E-state index contributed by atoms with van der Waals surface area (Å²) < 4.78 is 71.6. The second kappa shape index (κ2) is 18.0. The SMILES string of the molecule is CCCCOC1C(OCCCC)C(OP(=O)(O)CO)C(OP(=O)(O)CO)C(OP(=O)(O)CO)C1OCCCC. The van der Waals surface area contributed by atoms with E-state index in [1.165, 1.54) is 0 Å². The lowest BCUT2D eigenvalue weighted by Crippen LogP contribution is -2.67. The molecule has 1 rings (SSSR count). The van der Waals surface area contributed by atoms with Crippen molar-refractivity contribution in [1.82, 2.24) is 0 Å². The summed E-state index contributed by atoms with van der Waals surface area (Å²) in [6, 6.07) is 0. The van der Waals surface area contributed by atoms with Crippen LogP contribution in [0.2, 0.25) is 0 Å². The lowest BCUT2D eigenvalue weighted by molar-refractivity contribution is -0.245. The molecule has 0 heterocycles. The minimum Gasteiger partial charge on any atom is -0.384 e. The number of rotatable bonds is 21. The molecule has 0 bridgehead atoms. The molecule has 1 fully saturated rings. The van der Waals surface area contributed by atoms with E-state index in [0.29, 0.717) is 32.1 Å². The molecule has 7 unspecified atom stereocenters. The maximum Gasteiger partial charge on any atom is 0.353 e. The van der Waals surface area contributed by atoms with Crippen molar-refractivity contribution in [2.24, 2.45) is 0 Å². The van der Waals surface area contributed by atoms with E-state index in [-0.39, 0.29) is 19.8 Å². The van der Waals surface area contributed by atoms with Gasteiger partial charge < -0.3 is 44.2 Å². The molecule has 7 atom stereocenters. The van der Waals surface area contributed by atoms with Gasteiger partial charge in [-0.1, -0.05) is 40.0 Å². The Hall–Kier alpha value is 0.210. The third-order valence-corrected chi connectivity index (χ3v) is 8.55. The predicted octanol–water partition coefficient (Wildman–Crippen LogP) is 2.12. The van der Waals surface area contributed by atoms with Crippen molar-refractivity contribution in [3.8, 4) is 0 Å². The van der Waals surface area contributed by atoms with E-state index in [9.17, 15) is 43.7 Å². The highest BCUT2D eigenvalue weighted by Gasteiger charge is 2.59. The third kappa shape index (κ3) is 12.5. The molecule has 0 spiro atoms. The Kier molecular flexibility index (Phi) is 17.2. The number of aliphatic hydroxyl groups is 3. The van der Waals surface area contributed by atoms with Gasteiger partial charge in [0.1, 0.15) is 55.7 Å². The summed E-state index contributed by atoms with van der Waals surface area (Å²) >= 11 is 0. The first-order chi connectivity index (χ1) is 18.3. The second-order valence-electron chi connectivity index (χ2n) is 9.11. The molecule has 0 aliphatic heterocycles. The maximum absolute atomic E-state index is 12.5. The molecule has 0 amide bonds. The van der Waals surface area contributed by atoms with Gasteiger partial charge in [0.2, 0.25) is 0 Å². The minimum atomic E-state index is -4.85. The Morgan fingerprint density at radius 1 is 0.487 bits per heavy atom. The van der Waals surface area contributed by atoms with Crippen LogP contribution in [0.3, 0.4) is 0 Å². The van der Waals surface area contributed by atoms with Crippen LogP contribution in [0.1, 0.15) is 59.3 Å². The van der Waals surface area contributed by atoms with Crippen molar-refractivity contribution < 1.29 is 71.5 Å². The summed E-state index contributed by atoms with van der Waals surface area (Å²) in [5, 5.41) is 28.3. The molecule has 1 aliphatic carbocycles. The molecule has 15 nitrogen and oxygen atoms in total. The minimum absolute atomic E-state index is 0.0926. The number of ether oxygens (including phenoxy) is 3. The molecular formula is C21H45O15P3. The van der Waals surface area contributed by atoms with E-state index < -0.39 is 78.5 Å². The molecule has 0 saturated heterocycles. The van der Waals surface area contributed by atoms with E-state index >= 15 is 0 Å². The fraction of sp³-hybridized carbons (Fsp3) is 1.00. The zero-order valence-corrected chi connectivity index (χ0v) is 25.3. The fourth-order valence-corrected chi connectivity index (χ4v) is 5.87. The van der Waals surface area contributed by atoms with Crippen molar-refractivity contribution in [1.29, 1.82) is 0 Å². The highest BCUT2D eigenvalue weighted by molar-refractivity contribution is 7.53. The van der Waals surface area contributed by atoms with Crippen molar-refractivity contribution in [2.75, 3.05) is 38.9 Å². The monoisotopic (exact) mass is 630 g/mol.